The Bertz CT molecular complexity index is 1280. The lowest BCUT2D eigenvalue weighted by atomic mass is 9.87. The first kappa shape index (κ1) is 28.2. The predicted molar refractivity (Wildman–Crippen MR) is 151 cm³/mol. The predicted octanol–water partition coefficient (Wildman–Crippen LogP) is -0.0550. The lowest BCUT2D eigenvalue weighted by Crippen LogP contribution is -2.55. The van der Waals surface area contributed by atoms with Crippen LogP contribution in [0, 0.1) is 0 Å². The van der Waals surface area contributed by atoms with E-state index in [9.17, 15) is 14.4 Å². The maximum atomic E-state index is 12.9. The zero-order valence-electron chi connectivity index (χ0n) is 22.8. The molecule has 2 aromatic rings. The summed E-state index contributed by atoms with van der Waals surface area (Å²) in [5.41, 5.74) is 14.7. The fourth-order valence-electron chi connectivity index (χ4n) is 6.02. The number of fused-ring (bicyclic) bond motifs is 1. The minimum Gasteiger partial charge on any atom is -0.396 e. The molecule has 1 aromatic heterocycles. The fourth-order valence-corrected chi connectivity index (χ4v) is 6.02. The van der Waals surface area contributed by atoms with E-state index in [1.165, 1.54) is 15.7 Å². The molecular weight excluding hydrogens is 512 g/mol. The van der Waals surface area contributed by atoms with Crippen LogP contribution in [0.1, 0.15) is 43.2 Å². The van der Waals surface area contributed by atoms with Crippen molar-refractivity contribution in [2.24, 2.45) is 11.5 Å². The molecule has 2 aliphatic carbocycles. The maximum absolute atomic E-state index is 12.9. The number of anilines is 1. The second-order valence-electron chi connectivity index (χ2n) is 11.2. The number of hydrogen-bond donors (Lipinski definition) is 5. The molecule has 1 aliphatic heterocycles. The molecule has 0 bridgehead atoms. The van der Waals surface area contributed by atoms with Crippen molar-refractivity contribution in [3.8, 4) is 5.69 Å². The number of amides is 3. The van der Waals surface area contributed by atoms with Crippen LogP contribution in [0.3, 0.4) is 0 Å². The highest BCUT2D eigenvalue weighted by atomic mass is 16.3. The quantitative estimate of drug-likeness (QED) is 0.318. The van der Waals surface area contributed by atoms with Gasteiger partial charge in [-0.1, -0.05) is 6.07 Å². The van der Waals surface area contributed by atoms with E-state index in [0.717, 1.165) is 44.2 Å². The normalized spacial score (nSPS) is 23.5. The summed E-state index contributed by atoms with van der Waals surface area (Å²) in [5.74, 6) is -0.0550. The Morgan fingerprint density at radius 3 is 2.52 bits per heavy atom. The standard InChI is InChI=1S/C28H40N8O4/c29-20-3-5-22(17-20)31-21-4-1-19-16-23(6-2-18(19)15-21)36-9-7-25(33-28(36)40)32-27(39)35-12-10-34(11-13-35)26(38)24(30)8-14-37/h2,6-7,9,16,20-22,24,31,37H,1,3-5,8,10-15,17,29-30H2,(H,32,33,39,40)/t20-,21?,22-,24-/m0/s1. The van der Waals surface area contributed by atoms with Crippen molar-refractivity contribution in [1.29, 1.82) is 0 Å². The van der Waals surface area contributed by atoms with Crippen LogP contribution in [-0.4, -0.2) is 93.3 Å². The molecule has 0 spiro atoms. The first-order valence-corrected chi connectivity index (χ1v) is 14.3. The molecule has 1 saturated heterocycles. The van der Waals surface area contributed by atoms with Crippen LogP contribution in [0.15, 0.2) is 35.3 Å². The first-order chi connectivity index (χ1) is 19.3. The largest absolute Gasteiger partial charge is 0.396 e. The average Bonchev–Trinajstić information content (AvgIpc) is 3.36. The van der Waals surface area contributed by atoms with E-state index < -0.39 is 11.7 Å². The second kappa shape index (κ2) is 12.5. The Balaban J connectivity index is 1.16. The van der Waals surface area contributed by atoms with Gasteiger partial charge in [0.25, 0.3) is 0 Å². The number of aliphatic hydroxyl groups excluding tert-OH is 1. The number of carbonyl (C=O) groups excluding carboxylic acids is 2. The minimum absolute atomic E-state index is 0.151. The molecular formula is C28H40N8O4. The van der Waals surface area contributed by atoms with Crippen molar-refractivity contribution in [2.75, 3.05) is 38.1 Å². The number of nitrogens with zero attached hydrogens (tertiary/aromatic N) is 4. The zero-order valence-corrected chi connectivity index (χ0v) is 22.8. The van der Waals surface area contributed by atoms with Crippen molar-refractivity contribution in [2.45, 2.75) is 69.1 Å². The summed E-state index contributed by atoms with van der Waals surface area (Å²) in [6.07, 6.45) is 8.09. The fraction of sp³-hybridized carbons (Fsp3) is 0.571. The summed E-state index contributed by atoms with van der Waals surface area (Å²) in [6, 6.07) is 7.87. The van der Waals surface area contributed by atoms with Crippen LogP contribution in [0.2, 0.25) is 0 Å². The van der Waals surface area contributed by atoms with Gasteiger partial charge in [-0.15, -0.1) is 0 Å². The van der Waals surface area contributed by atoms with Gasteiger partial charge in [0.2, 0.25) is 5.91 Å². The number of nitrogens with one attached hydrogen (secondary N) is 2. The SMILES string of the molecule is N[C@H]1CC[C@H](NC2CCc3cc(-n4ccc(NC(=O)N5CCN(C(=O)[C@@H](N)CCO)CC5)nc4=O)ccc3C2)C1. The molecule has 0 radical (unpaired) electrons. The molecule has 1 saturated carbocycles. The summed E-state index contributed by atoms with van der Waals surface area (Å²) in [4.78, 5) is 45.2. The molecule has 40 heavy (non-hydrogen) atoms. The van der Waals surface area contributed by atoms with E-state index in [0.29, 0.717) is 44.3 Å². The van der Waals surface area contributed by atoms with Gasteiger partial charge in [-0.2, -0.15) is 4.98 Å². The number of nitrogens with two attached hydrogens (primary N) is 2. The van der Waals surface area contributed by atoms with Crippen LogP contribution >= 0.6 is 0 Å². The lowest BCUT2D eigenvalue weighted by molar-refractivity contribution is -0.134. The summed E-state index contributed by atoms with van der Waals surface area (Å²) < 4.78 is 1.49. The van der Waals surface area contributed by atoms with Gasteiger partial charge in [0.15, 0.2) is 0 Å². The number of carbonyl (C=O) groups is 2. The number of piperazine rings is 1. The minimum atomic E-state index is -0.744. The molecule has 2 heterocycles. The van der Waals surface area contributed by atoms with Crippen LogP contribution in [0.5, 0.6) is 0 Å². The van der Waals surface area contributed by atoms with Gasteiger partial charge in [-0.25, -0.2) is 9.59 Å². The molecule has 4 atom stereocenters. The summed E-state index contributed by atoms with van der Waals surface area (Å²) >= 11 is 0. The van der Waals surface area contributed by atoms with Gasteiger partial charge in [0.1, 0.15) is 5.82 Å². The first-order valence-electron chi connectivity index (χ1n) is 14.3. The highest BCUT2D eigenvalue weighted by Crippen LogP contribution is 2.26. The molecule has 1 aromatic carbocycles. The molecule has 12 heteroatoms. The van der Waals surface area contributed by atoms with Crippen molar-refractivity contribution in [3.63, 3.8) is 0 Å². The van der Waals surface area contributed by atoms with Gasteiger partial charge in [-0.05, 0) is 74.3 Å². The Morgan fingerprint density at radius 1 is 1.05 bits per heavy atom. The van der Waals surface area contributed by atoms with Crippen molar-refractivity contribution < 1.29 is 14.7 Å². The number of urea groups is 1. The summed E-state index contributed by atoms with van der Waals surface area (Å²) in [5, 5.41) is 15.5. The third kappa shape index (κ3) is 6.52. The molecule has 3 aliphatic rings. The van der Waals surface area contributed by atoms with E-state index in [1.807, 2.05) is 6.07 Å². The van der Waals surface area contributed by atoms with Gasteiger partial charge in [0.05, 0.1) is 11.7 Å². The monoisotopic (exact) mass is 552 g/mol. The zero-order chi connectivity index (χ0) is 28.2. The van der Waals surface area contributed by atoms with Gasteiger partial charge in [-0.3, -0.25) is 14.7 Å². The molecule has 7 N–H and O–H groups in total. The number of hydrogen-bond acceptors (Lipinski definition) is 8. The van der Waals surface area contributed by atoms with E-state index in [1.54, 1.807) is 22.1 Å². The summed E-state index contributed by atoms with van der Waals surface area (Å²) in [6.45, 7) is 1.22. The third-order valence-electron chi connectivity index (χ3n) is 8.32. The van der Waals surface area contributed by atoms with Gasteiger partial charge < -0.3 is 31.7 Å². The van der Waals surface area contributed by atoms with Crippen molar-refractivity contribution >= 4 is 17.8 Å². The number of rotatable bonds is 7. The molecule has 2 fully saturated rings. The Kier molecular flexibility index (Phi) is 8.79. The van der Waals surface area contributed by atoms with Crippen molar-refractivity contribution in [3.05, 3.63) is 52.1 Å². The number of aliphatic hydroxyl groups is 1. The van der Waals surface area contributed by atoms with Crippen LogP contribution in [0.25, 0.3) is 5.69 Å². The Labute approximate surface area is 233 Å². The number of aromatic nitrogens is 2. The molecule has 5 rings (SSSR count). The topological polar surface area (TPSA) is 172 Å². The number of aryl methyl sites for hydroxylation is 1. The Morgan fingerprint density at radius 2 is 1.82 bits per heavy atom. The highest BCUT2D eigenvalue weighted by Gasteiger charge is 2.28. The highest BCUT2D eigenvalue weighted by molar-refractivity contribution is 5.88. The van der Waals surface area contributed by atoms with Crippen molar-refractivity contribution in [1.82, 2.24) is 24.7 Å². The molecule has 3 amide bonds. The summed E-state index contributed by atoms with van der Waals surface area (Å²) in [7, 11) is 0. The average molecular weight is 553 g/mol. The van der Waals surface area contributed by atoms with E-state index in [-0.39, 0.29) is 30.8 Å². The Hall–Kier alpha value is -3.32. The smallest absolute Gasteiger partial charge is 0.354 e. The van der Waals surface area contributed by atoms with E-state index >= 15 is 0 Å². The maximum Gasteiger partial charge on any atom is 0.354 e. The van der Waals surface area contributed by atoms with Gasteiger partial charge >= 0.3 is 11.7 Å². The van der Waals surface area contributed by atoms with Crippen LogP contribution < -0.4 is 27.8 Å². The van der Waals surface area contributed by atoms with E-state index in [4.69, 9.17) is 16.6 Å². The second-order valence-corrected chi connectivity index (χ2v) is 11.2. The van der Waals surface area contributed by atoms with E-state index in [2.05, 4.69) is 27.8 Å². The molecule has 216 valence electrons. The van der Waals surface area contributed by atoms with Crippen LogP contribution in [0.4, 0.5) is 10.6 Å². The molecule has 1 unspecified atom stereocenters. The number of benzene rings is 1. The third-order valence-corrected chi connectivity index (χ3v) is 8.32. The van der Waals surface area contributed by atoms with Crippen LogP contribution in [-0.2, 0) is 17.6 Å². The molecule has 12 nitrogen and oxygen atoms in total. The lowest BCUT2D eigenvalue weighted by Gasteiger charge is -2.35. The van der Waals surface area contributed by atoms with Gasteiger partial charge in [0, 0.05) is 57.1 Å².